The summed E-state index contributed by atoms with van der Waals surface area (Å²) in [5.41, 5.74) is 2.87. The van der Waals surface area contributed by atoms with Gasteiger partial charge in [0.05, 0.1) is 0 Å². The van der Waals surface area contributed by atoms with E-state index in [0.29, 0.717) is 6.42 Å². The number of hydrogen-bond acceptors (Lipinski definition) is 2. The molecule has 15 heavy (non-hydrogen) atoms. The van der Waals surface area contributed by atoms with Crippen LogP contribution in [0.3, 0.4) is 0 Å². The number of amides is 1. The molecule has 2 heterocycles. The molecule has 1 aromatic heterocycles. The van der Waals surface area contributed by atoms with Crippen LogP contribution < -0.4 is 4.90 Å². The zero-order valence-electron chi connectivity index (χ0n) is 8.83. The van der Waals surface area contributed by atoms with Crippen molar-refractivity contribution in [3.63, 3.8) is 0 Å². The fourth-order valence-electron chi connectivity index (χ4n) is 1.88. The number of pyridine rings is 1. The second-order valence-corrected chi connectivity index (χ2v) is 5.21. The maximum atomic E-state index is 11.7. The Morgan fingerprint density at radius 2 is 2.00 bits per heavy atom. The van der Waals surface area contributed by atoms with E-state index in [1.54, 1.807) is 0 Å². The number of anilines is 1. The molecule has 0 aromatic carbocycles. The molecule has 1 amide bonds. The van der Waals surface area contributed by atoms with Gasteiger partial charge in [-0.25, -0.2) is 0 Å². The summed E-state index contributed by atoms with van der Waals surface area (Å²) < 4.78 is 0. The molecular formula is C11H13BrN2O. The number of nitrogens with zero attached hydrogens (tertiary/aromatic N) is 2. The summed E-state index contributed by atoms with van der Waals surface area (Å²) in [6.07, 6.45) is 0.584. The van der Waals surface area contributed by atoms with Crippen LogP contribution in [0.15, 0.2) is 12.1 Å². The minimum absolute atomic E-state index is 0.182. The van der Waals surface area contributed by atoms with Crippen molar-refractivity contribution in [1.82, 2.24) is 4.98 Å². The van der Waals surface area contributed by atoms with Gasteiger partial charge in [-0.2, -0.15) is 0 Å². The molecular weight excluding hydrogens is 256 g/mol. The van der Waals surface area contributed by atoms with Crippen LogP contribution in [0.2, 0.25) is 0 Å². The van der Waals surface area contributed by atoms with Gasteiger partial charge in [0.1, 0.15) is 0 Å². The van der Waals surface area contributed by atoms with Crippen LogP contribution in [-0.2, 0) is 4.79 Å². The van der Waals surface area contributed by atoms with Gasteiger partial charge in [-0.1, -0.05) is 15.9 Å². The Morgan fingerprint density at radius 1 is 1.40 bits per heavy atom. The third kappa shape index (κ3) is 2.20. The largest absolute Gasteiger partial charge is 0.311 e. The van der Waals surface area contributed by atoms with Crippen molar-refractivity contribution in [2.75, 3.05) is 11.4 Å². The quantitative estimate of drug-likeness (QED) is 0.732. The number of rotatable bonds is 1. The molecule has 1 aliphatic rings. The highest BCUT2D eigenvalue weighted by molar-refractivity contribution is 9.09. The fourth-order valence-corrected chi connectivity index (χ4v) is 2.45. The second-order valence-electron chi connectivity index (χ2n) is 3.91. The topological polar surface area (TPSA) is 33.2 Å². The molecule has 1 fully saturated rings. The van der Waals surface area contributed by atoms with E-state index in [4.69, 9.17) is 0 Å². The normalized spacial score (nSPS) is 21.1. The summed E-state index contributed by atoms with van der Waals surface area (Å²) in [5, 5.41) is 0. The van der Waals surface area contributed by atoms with Gasteiger partial charge in [-0.05, 0) is 26.0 Å². The van der Waals surface area contributed by atoms with Crippen LogP contribution in [0.1, 0.15) is 17.8 Å². The Morgan fingerprint density at radius 3 is 2.47 bits per heavy atom. The Hall–Kier alpha value is -0.900. The minimum atomic E-state index is 0.182. The first-order valence-corrected chi connectivity index (χ1v) is 5.87. The number of alkyl halides is 1. The van der Waals surface area contributed by atoms with E-state index in [1.807, 2.05) is 30.9 Å². The molecule has 0 aliphatic carbocycles. The molecule has 1 aliphatic heterocycles. The molecule has 1 atom stereocenters. The van der Waals surface area contributed by atoms with Gasteiger partial charge in [0.2, 0.25) is 5.91 Å². The van der Waals surface area contributed by atoms with Crippen molar-refractivity contribution in [3.05, 3.63) is 23.5 Å². The molecule has 0 N–H and O–H groups in total. The number of carbonyl (C=O) groups excluding carboxylic acids is 1. The Labute approximate surface area is 97.6 Å². The highest BCUT2D eigenvalue weighted by atomic mass is 79.9. The molecule has 80 valence electrons. The van der Waals surface area contributed by atoms with Crippen molar-refractivity contribution in [3.8, 4) is 0 Å². The lowest BCUT2D eigenvalue weighted by molar-refractivity contribution is -0.117. The lowest BCUT2D eigenvalue weighted by Gasteiger charge is -2.16. The molecule has 3 nitrogen and oxygen atoms in total. The minimum Gasteiger partial charge on any atom is -0.311 e. The van der Waals surface area contributed by atoms with Crippen LogP contribution in [0.5, 0.6) is 0 Å². The summed E-state index contributed by atoms with van der Waals surface area (Å²) >= 11 is 3.48. The summed E-state index contributed by atoms with van der Waals surface area (Å²) in [7, 11) is 0. The first-order chi connectivity index (χ1) is 7.06. The lowest BCUT2D eigenvalue weighted by atomic mass is 10.2. The average molecular weight is 269 g/mol. The third-order valence-corrected chi connectivity index (χ3v) is 3.07. The highest BCUT2D eigenvalue weighted by Crippen LogP contribution is 2.25. The van der Waals surface area contributed by atoms with Gasteiger partial charge in [0.25, 0.3) is 0 Å². The number of halogens is 1. The molecule has 1 unspecified atom stereocenters. The molecule has 0 spiro atoms. The van der Waals surface area contributed by atoms with Crippen LogP contribution >= 0.6 is 15.9 Å². The average Bonchev–Trinajstić information content (AvgIpc) is 2.43. The van der Waals surface area contributed by atoms with Gasteiger partial charge < -0.3 is 4.90 Å². The predicted octanol–water partition coefficient (Wildman–Crippen LogP) is 2.20. The van der Waals surface area contributed by atoms with Crippen LogP contribution in [0.4, 0.5) is 5.69 Å². The van der Waals surface area contributed by atoms with Crippen molar-refractivity contribution >= 4 is 27.5 Å². The molecule has 1 aromatic rings. The molecule has 1 saturated heterocycles. The standard InChI is InChI=1S/C11H13BrN2O/c1-7-3-10(4-8(2)13-7)14-6-9(12)5-11(14)15/h3-4,9H,5-6H2,1-2H3. The molecule has 2 rings (SSSR count). The third-order valence-electron chi connectivity index (χ3n) is 2.46. The maximum absolute atomic E-state index is 11.7. The van der Waals surface area contributed by atoms with E-state index in [-0.39, 0.29) is 10.7 Å². The van der Waals surface area contributed by atoms with E-state index in [1.165, 1.54) is 0 Å². The summed E-state index contributed by atoms with van der Waals surface area (Å²) in [5.74, 6) is 0.182. The first-order valence-electron chi connectivity index (χ1n) is 4.96. The summed E-state index contributed by atoms with van der Waals surface area (Å²) in [6.45, 7) is 4.65. The van der Waals surface area contributed by atoms with Crippen LogP contribution in [0.25, 0.3) is 0 Å². The van der Waals surface area contributed by atoms with E-state index in [2.05, 4.69) is 20.9 Å². The number of carbonyl (C=O) groups is 1. The maximum Gasteiger partial charge on any atom is 0.228 e. The van der Waals surface area contributed by atoms with Gasteiger partial charge in [-0.3, -0.25) is 9.78 Å². The van der Waals surface area contributed by atoms with E-state index in [9.17, 15) is 4.79 Å². The Kier molecular flexibility index (Phi) is 2.78. The molecule has 4 heteroatoms. The first kappa shape index (κ1) is 10.6. The Balaban J connectivity index is 2.33. The van der Waals surface area contributed by atoms with Gasteiger partial charge >= 0.3 is 0 Å². The fraction of sp³-hybridized carbons (Fsp3) is 0.455. The Bertz CT molecular complexity index is 385. The molecule has 0 radical (unpaired) electrons. The van der Waals surface area contributed by atoms with Crippen LogP contribution in [-0.4, -0.2) is 22.3 Å². The van der Waals surface area contributed by atoms with E-state index >= 15 is 0 Å². The van der Waals surface area contributed by atoms with Crippen LogP contribution in [0, 0.1) is 13.8 Å². The molecule has 0 saturated carbocycles. The molecule has 0 bridgehead atoms. The zero-order valence-corrected chi connectivity index (χ0v) is 10.4. The van der Waals surface area contributed by atoms with Crippen molar-refractivity contribution in [2.45, 2.75) is 25.1 Å². The number of hydrogen-bond donors (Lipinski definition) is 0. The zero-order chi connectivity index (χ0) is 11.0. The van der Waals surface area contributed by atoms with E-state index in [0.717, 1.165) is 23.6 Å². The van der Waals surface area contributed by atoms with E-state index < -0.39 is 0 Å². The van der Waals surface area contributed by atoms with Crippen molar-refractivity contribution in [1.29, 1.82) is 0 Å². The number of aryl methyl sites for hydroxylation is 2. The summed E-state index contributed by atoms with van der Waals surface area (Å²) in [4.78, 5) is 18.1. The number of aromatic nitrogens is 1. The van der Waals surface area contributed by atoms with Gasteiger partial charge in [-0.15, -0.1) is 0 Å². The smallest absolute Gasteiger partial charge is 0.228 e. The predicted molar refractivity (Wildman–Crippen MR) is 63.4 cm³/mol. The second kappa shape index (κ2) is 3.93. The van der Waals surface area contributed by atoms with Gasteiger partial charge in [0.15, 0.2) is 0 Å². The van der Waals surface area contributed by atoms with Gasteiger partial charge in [0, 0.05) is 34.9 Å². The van der Waals surface area contributed by atoms with Crippen molar-refractivity contribution in [2.24, 2.45) is 0 Å². The lowest BCUT2D eigenvalue weighted by Crippen LogP contribution is -2.24. The summed E-state index contributed by atoms with van der Waals surface area (Å²) in [6, 6.07) is 3.91. The highest BCUT2D eigenvalue weighted by Gasteiger charge is 2.28. The monoisotopic (exact) mass is 268 g/mol. The van der Waals surface area contributed by atoms with Crippen molar-refractivity contribution < 1.29 is 4.79 Å². The SMILES string of the molecule is Cc1cc(N2CC(Br)CC2=O)cc(C)n1.